The molecule has 3 fully saturated rings. The summed E-state index contributed by atoms with van der Waals surface area (Å²) < 4.78 is 5.58. The Hall–Kier alpha value is -1.10. The summed E-state index contributed by atoms with van der Waals surface area (Å²) in [5.41, 5.74) is 0. The molecule has 1 aliphatic heterocycles. The average molecular weight is 281 g/mol. The van der Waals surface area contributed by atoms with E-state index in [1.54, 1.807) is 0 Å². The van der Waals surface area contributed by atoms with Gasteiger partial charge >= 0.3 is 5.97 Å². The van der Waals surface area contributed by atoms with E-state index < -0.39 is 11.9 Å². The number of carboxylic acid groups (broad SMARTS) is 1. The van der Waals surface area contributed by atoms with Crippen LogP contribution in [0.5, 0.6) is 0 Å². The summed E-state index contributed by atoms with van der Waals surface area (Å²) in [6.07, 6.45) is 4.97. The zero-order valence-electron chi connectivity index (χ0n) is 11.9. The predicted molar refractivity (Wildman–Crippen MR) is 72.0 cm³/mol. The average Bonchev–Trinajstić information content (AvgIpc) is 3.13. The van der Waals surface area contributed by atoms with Gasteiger partial charge in [-0.05, 0) is 50.9 Å². The van der Waals surface area contributed by atoms with E-state index in [2.05, 4.69) is 5.32 Å². The minimum atomic E-state index is -0.804. The van der Waals surface area contributed by atoms with Crippen LogP contribution in [0.4, 0.5) is 0 Å². The first kappa shape index (κ1) is 13.9. The molecule has 2 saturated carbocycles. The third kappa shape index (κ3) is 2.32. The highest BCUT2D eigenvalue weighted by Crippen LogP contribution is 2.52. The SMILES string of the molecule is C[C@H](NC(=O)[C@@H]1[C@H]2CC[C@H](C2)[C@H]1C(=O)O)[C@H]1CCCO1. The van der Waals surface area contributed by atoms with Gasteiger partial charge in [-0.3, -0.25) is 9.59 Å². The molecule has 1 amide bonds. The van der Waals surface area contributed by atoms with Gasteiger partial charge in [-0.1, -0.05) is 0 Å². The van der Waals surface area contributed by atoms with Gasteiger partial charge in [-0.15, -0.1) is 0 Å². The fraction of sp³-hybridized carbons (Fsp3) is 0.867. The van der Waals surface area contributed by atoms with E-state index in [-0.39, 0.29) is 35.8 Å². The van der Waals surface area contributed by atoms with Crippen molar-refractivity contribution in [2.75, 3.05) is 6.61 Å². The van der Waals surface area contributed by atoms with E-state index in [9.17, 15) is 14.7 Å². The van der Waals surface area contributed by atoms with Crippen molar-refractivity contribution in [3.8, 4) is 0 Å². The van der Waals surface area contributed by atoms with Crippen LogP contribution >= 0.6 is 0 Å². The molecule has 0 aromatic heterocycles. The molecule has 6 atom stereocenters. The Kier molecular flexibility index (Phi) is 3.71. The number of fused-ring (bicyclic) bond motifs is 2. The number of carbonyl (C=O) groups excluding carboxylic acids is 1. The van der Waals surface area contributed by atoms with Crippen molar-refractivity contribution in [2.45, 2.75) is 51.2 Å². The first-order valence-electron chi connectivity index (χ1n) is 7.72. The number of ether oxygens (including phenoxy) is 1. The van der Waals surface area contributed by atoms with Crippen molar-refractivity contribution in [3.05, 3.63) is 0 Å². The van der Waals surface area contributed by atoms with Gasteiger partial charge < -0.3 is 15.2 Å². The van der Waals surface area contributed by atoms with Gasteiger partial charge in [0, 0.05) is 6.61 Å². The Balaban J connectivity index is 1.65. The van der Waals surface area contributed by atoms with Crippen LogP contribution in [0.3, 0.4) is 0 Å². The Labute approximate surface area is 119 Å². The number of carboxylic acids is 1. The number of aliphatic carboxylic acids is 1. The molecule has 0 radical (unpaired) electrons. The number of rotatable bonds is 4. The van der Waals surface area contributed by atoms with Crippen molar-refractivity contribution in [1.29, 1.82) is 0 Å². The molecule has 1 saturated heterocycles. The lowest BCUT2D eigenvalue weighted by atomic mass is 9.78. The van der Waals surface area contributed by atoms with Crippen LogP contribution in [0.15, 0.2) is 0 Å². The van der Waals surface area contributed by atoms with Crippen LogP contribution in [-0.2, 0) is 14.3 Å². The maximum absolute atomic E-state index is 12.5. The fourth-order valence-electron chi connectivity index (χ4n) is 4.43. The smallest absolute Gasteiger partial charge is 0.307 e. The molecule has 1 heterocycles. The largest absolute Gasteiger partial charge is 0.481 e. The van der Waals surface area contributed by atoms with Crippen LogP contribution in [0, 0.1) is 23.7 Å². The molecule has 5 heteroatoms. The minimum absolute atomic E-state index is 0.0291. The Morgan fingerprint density at radius 2 is 1.90 bits per heavy atom. The van der Waals surface area contributed by atoms with Crippen molar-refractivity contribution < 1.29 is 19.4 Å². The van der Waals surface area contributed by atoms with Crippen LogP contribution in [0.2, 0.25) is 0 Å². The van der Waals surface area contributed by atoms with E-state index in [0.717, 1.165) is 38.7 Å². The fourth-order valence-corrected chi connectivity index (χ4v) is 4.43. The maximum Gasteiger partial charge on any atom is 0.307 e. The number of hydrogen-bond acceptors (Lipinski definition) is 3. The lowest BCUT2D eigenvalue weighted by Gasteiger charge is -2.29. The molecule has 0 aromatic rings. The first-order chi connectivity index (χ1) is 9.58. The molecular formula is C15H23NO4. The minimum Gasteiger partial charge on any atom is -0.481 e. The van der Waals surface area contributed by atoms with Crippen molar-refractivity contribution in [3.63, 3.8) is 0 Å². The predicted octanol–water partition coefficient (Wildman–Crippen LogP) is 1.42. The van der Waals surface area contributed by atoms with E-state index >= 15 is 0 Å². The molecule has 2 N–H and O–H groups in total. The lowest BCUT2D eigenvalue weighted by molar-refractivity contribution is -0.149. The lowest BCUT2D eigenvalue weighted by Crippen LogP contribution is -2.47. The molecule has 2 aliphatic carbocycles. The topological polar surface area (TPSA) is 75.6 Å². The molecule has 3 aliphatic rings. The van der Waals surface area contributed by atoms with Gasteiger partial charge in [0.15, 0.2) is 0 Å². The van der Waals surface area contributed by atoms with Crippen LogP contribution in [-0.4, -0.2) is 35.7 Å². The molecule has 5 nitrogen and oxygen atoms in total. The molecule has 20 heavy (non-hydrogen) atoms. The molecule has 0 aromatic carbocycles. The highest BCUT2D eigenvalue weighted by Gasteiger charge is 2.54. The van der Waals surface area contributed by atoms with Gasteiger partial charge in [0.25, 0.3) is 0 Å². The number of amides is 1. The molecule has 3 rings (SSSR count). The van der Waals surface area contributed by atoms with Crippen molar-refractivity contribution in [2.24, 2.45) is 23.7 Å². The standard InChI is InChI=1S/C15H23NO4/c1-8(11-3-2-6-20-11)16-14(17)12-9-4-5-10(7-9)13(12)15(18)19/h8-13H,2-7H2,1H3,(H,16,17)(H,18,19)/t8-,9-,10+,11+,12+,13+/m0/s1. The maximum atomic E-state index is 12.5. The molecule has 112 valence electrons. The molecule has 0 unspecified atom stereocenters. The van der Waals surface area contributed by atoms with Gasteiger partial charge in [0.2, 0.25) is 5.91 Å². The van der Waals surface area contributed by atoms with Gasteiger partial charge in [0.05, 0.1) is 24.0 Å². The second kappa shape index (κ2) is 5.35. The summed E-state index contributed by atoms with van der Waals surface area (Å²) in [5, 5.41) is 12.4. The quantitative estimate of drug-likeness (QED) is 0.817. The second-order valence-electron chi connectivity index (χ2n) is 6.57. The number of carbonyl (C=O) groups is 2. The van der Waals surface area contributed by atoms with E-state index in [4.69, 9.17) is 4.74 Å². The van der Waals surface area contributed by atoms with E-state index in [0.29, 0.717) is 0 Å². The monoisotopic (exact) mass is 281 g/mol. The summed E-state index contributed by atoms with van der Waals surface area (Å²) >= 11 is 0. The van der Waals surface area contributed by atoms with Crippen molar-refractivity contribution >= 4 is 11.9 Å². The highest BCUT2D eigenvalue weighted by molar-refractivity contribution is 5.86. The third-order valence-corrected chi connectivity index (χ3v) is 5.40. The normalized spacial score (nSPS) is 40.8. The summed E-state index contributed by atoms with van der Waals surface area (Å²) in [4.78, 5) is 23.9. The Morgan fingerprint density at radius 3 is 2.50 bits per heavy atom. The number of hydrogen-bond donors (Lipinski definition) is 2. The molecule has 2 bridgehead atoms. The summed E-state index contributed by atoms with van der Waals surface area (Å²) in [7, 11) is 0. The van der Waals surface area contributed by atoms with Gasteiger partial charge in [-0.2, -0.15) is 0 Å². The van der Waals surface area contributed by atoms with Gasteiger partial charge in [-0.25, -0.2) is 0 Å². The molecular weight excluding hydrogens is 258 g/mol. The Bertz CT molecular complexity index is 405. The molecule has 0 spiro atoms. The van der Waals surface area contributed by atoms with Gasteiger partial charge in [0.1, 0.15) is 0 Å². The van der Waals surface area contributed by atoms with Crippen LogP contribution < -0.4 is 5.32 Å². The zero-order chi connectivity index (χ0) is 14.3. The van der Waals surface area contributed by atoms with E-state index in [1.807, 2.05) is 6.92 Å². The Morgan fingerprint density at radius 1 is 1.20 bits per heavy atom. The van der Waals surface area contributed by atoms with E-state index in [1.165, 1.54) is 0 Å². The summed E-state index contributed by atoms with van der Waals surface area (Å²) in [6.45, 7) is 2.72. The van der Waals surface area contributed by atoms with Crippen LogP contribution in [0.1, 0.15) is 39.0 Å². The second-order valence-corrected chi connectivity index (χ2v) is 6.57. The summed E-state index contributed by atoms with van der Waals surface area (Å²) in [6, 6.07) is -0.0291. The van der Waals surface area contributed by atoms with Crippen molar-refractivity contribution in [1.82, 2.24) is 5.32 Å². The first-order valence-corrected chi connectivity index (χ1v) is 7.72. The summed E-state index contributed by atoms with van der Waals surface area (Å²) in [5.74, 6) is -1.24. The zero-order valence-corrected chi connectivity index (χ0v) is 11.9. The van der Waals surface area contributed by atoms with Crippen LogP contribution in [0.25, 0.3) is 0 Å². The highest BCUT2D eigenvalue weighted by atomic mass is 16.5. The number of nitrogens with one attached hydrogen (secondary N) is 1. The third-order valence-electron chi connectivity index (χ3n) is 5.40.